The summed E-state index contributed by atoms with van der Waals surface area (Å²) >= 11 is 0. The van der Waals surface area contributed by atoms with E-state index >= 15 is 0 Å². The molecule has 0 aliphatic heterocycles. The Bertz CT molecular complexity index is 782. The van der Waals surface area contributed by atoms with Gasteiger partial charge in [-0.05, 0) is 25.1 Å². The lowest BCUT2D eigenvalue weighted by molar-refractivity contribution is -0.138. The van der Waals surface area contributed by atoms with E-state index in [9.17, 15) is 31.5 Å². The predicted molar refractivity (Wildman–Crippen MR) is 76.4 cm³/mol. The summed E-state index contributed by atoms with van der Waals surface area (Å²) in [5, 5.41) is 20.6. The van der Waals surface area contributed by atoms with E-state index in [4.69, 9.17) is 9.81 Å². The molecule has 0 unspecified atom stereocenters. The van der Waals surface area contributed by atoms with E-state index < -0.39 is 51.1 Å². The van der Waals surface area contributed by atoms with E-state index in [-0.39, 0.29) is 5.69 Å². The second-order valence-electron chi connectivity index (χ2n) is 5.13. The number of halogens is 3. The lowest BCUT2D eigenvalue weighted by atomic mass is 10.0. The molecule has 0 radical (unpaired) electrons. The molecule has 0 saturated heterocycles. The molecule has 24 heavy (non-hydrogen) atoms. The third kappa shape index (κ3) is 5.48. The van der Waals surface area contributed by atoms with Crippen LogP contribution in [0.4, 0.5) is 18.9 Å². The second-order valence-corrected chi connectivity index (χ2v) is 6.71. The van der Waals surface area contributed by atoms with Crippen LogP contribution in [0.2, 0.25) is 0 Å². The van der Waals surface area contributed by atoms with E-state index in [1.807, 2.05) is 5.32 Å². The van der Waals surface area contributed by atoms with Crippen molar-refractivity contribution in [3.63, 3.8) is 0 Å². The van der Waals surface area contributed by atoms with Gasteiger partial charge in [-0.25, -0.2) is 0 Å². The van der Waals surface area contributed by atoms with Crippen molar-refractivity contribution in [1.29, 1.82) is 5.26 Å². The average Bonchev–Trinajstić information content (AvgIpc) is 2.43. The van der Waals surface area contributed by atoms with Crippen molar-refractivity contribution in [2.24, 2.45) is 0 Å². The normalized spacial score (nSPS) is 14.5. The molecule has 132 valence electrons. The maximum absolute atomic E-state index is 12.8. The van der Waals surface area contributed by atoms with Gasteiger partial charge >= 0.3 is 6.18 Å². The second kappa shape index (κ2) is 6.76. The van der Waals surface area contributed by atoms with Crippen molar-refractivity contribution in [2.45, 2.75) is 25.1 Å². The van der Waals surface area contributed by atoms with Crippen LogP contribution in [0.3, 0.4) is 0 Å². The lowest BCUT2D eigenvalue weighted by Crippen LogP contribution is -2.41. The number of amides is 1. The summed E-state index contributed by atoms with van der Waals surface area (Å²) < 4.78 is 68.4. The van der Waals surface area contributed by atoms with Gasteiger partial charge in [0.2, 0.25) is 0 Å². The predicted octanol–water partition coefficient (Wildman–Crippen LogP) is 1.54. The van der Waals surface area contributed by atoms with Crippen LogP contribution in [-0.2, 0) is 21.1 Å². The van der Waals surface area contributed by atoms with Gasteiger partial charge in [0, 0.05) is 12.1 Å². The summed E-state index contributed by atoms with van der Waals surface area (Å²) in [4.78, 5) is 11.9. The van der Waals surface area contributed by atoms with Crippen molar-refractivity contribution in [1.82, 2.24) is 0 Å². The zero-order valence-corrected chi connectivity index (χ0v) is 13.1. The van der Waals surface area contributed by atoms with E-state index in [0.717, 1.165) is 19.1 Å². The summed E-state index contributed by atoms with van der Waals surface area (Å²) in [6.07, 6.45) is -5.49. The largest absolute Gasteiger partial charge is 0.417 e. The first-order valence-corrected chi connectivity index (χ1v) is 7.97. The van der Waals surface area contributed by atoms with E-state index in [0.29, 0.717) is 6.07 Å². The first-order chi connectivity index (χ1) is 10.8. The van der Waals surface area contributed by atoms with Crippen molar-refractivity contribution in [3.8, 4) is 6.07 Å². The molecular formula is C13H13F3N2O5S. The van der Waals surface area contributed by atoms with Gasteiger partial charge in [0.05, 0.1) is 22.9 Å². The Labute approximate surface area is 135 Å². The molecule has 0 spiro atoms. The molecular weight excluding hydrogens is 353 g/mol. The highest BCUT2D eigenvalue weighted by atomic mass is 32.2. The molecule has 0 bridgehead atoms. The molecule has 11 heteroatoms. The molecule has 1 amide bonds. The minimum Gasteiger partial charge on any atom is -0.380 e. The Morgan fingerprint density at radius 2 is 1.96 bits per heavy atom. The molecule has 0 heterocycles. The molecule has 0 aromatic heterocycles. The molecule has 0 aliphatic rings. The average molecular weight is 366 g/mol. The van der Waals surface area contributed by atoms with Gasteiger partial charge in [-0.2, -0.15) is 26.9 Å². The number of rotatable bonds is 5. The maximum Gasteiger partial charge on any atom is 0.417 e. The van der Waals surface area contributed by atoms with Gasteiger partial charge in [0.25, 0.3) is 16.0 Å². The zero-order valence-electron chi connectivity index (χ0n) is 12.3. The molecule has 1 atom stereocenters. The van der Waals surface area contributed by atoms with Gasteiger partial charge in [-0.15, -0.1) is 0 Å². The molecule has 0 fully saturated rings. The molecule has 0 saturated carbocycles. The molecule has 1 aromatic rings. The molecule has 1 aromatic carbocycles. The number of nitrogens with zero attached hydrogens (tertiary/aromatic N) is 1. The highest BCUT2D eigenvalue weighted by molar-refractivity contribution is 7.85. The number of hydrogen-bond donors (Lipinski definition) is 3. The third-order valence-corrected chi connectivity index (χ3v) is 3.76. The fourth-order valence-corrected chi connectivity index (χ4v) is 2.32. The molecule has 1 rings (SSSR count). The number of nitrogens with one attached hydrogen (secondary N) is 1. The first kappa shape index (κ1) is 19.9. The van der Waals surface area contributed by atoms with Crippen LogP contribution in [0.25, 0.3) is 0 Å². The summed E-state index contributed by atoms with van der Waals surface area (Å²) in [5.41, 5.74) is -4.49. The van der Waals surface area contributed by atoms with Crippen LogP contribution in [0, 0.1) is 11.3 Å². The van der Waals surface area contributed by atoms with E-state index in [1.165, 1.54) is 6.07 Å². The first-order valence-electron chi connectivity index (χ1n) is 6.36. The van der Waals surface area contributed by atoms with Crippen LogP contribution in [-0.4, -0.2) is 35.3 Å². The number of aliphatic hydroxyl groups is 1. The Balaban J connectivity index is 3.01. The SMILES string of the molecule is C[C@](O)(CCS(=O)(=O)O)C(=O)Nc1ccc(C#N)c(C(F)(F)F)c1. The fourth-order valence-electron chi connectivity index (χ4n) is 1.66. The van der Waals surface area contributed by atoms with E-state index in [2.05, 4.69) is 0 Å². The standard InChI is InChI=1S/C13H13F3N2O5S/c1-12(20,4-5-24(21,22)23)11(19)18-9-3-2-8(7-17)10(6-9)13(14,15)16/h2-3,6,20H,4-5H2,1H3,(H,18,19)(H,21,22,23)/t12-/m0/s1. The van der Waals surface area contributed by atoms with Crippen LogP contribution in [0.5, 0.6) is 0 Å². The third-order valence-electron chi connectivity index (χ3n) is 3.04. The van der Waals surface area contributed by atoms with E-state index in [1.54, 1.807) is 0 Å². The quantitative estimate of drug-likeness (QED) is 0.679. The molecule has 0 aliphatic carbocycles. The number of carbonyl (C=O) groups is 1. The van der Waals surface area contributed by atoms with Crippen molar-refractivity contribution in [2.75, 3.05) is 11.1 Å². The van der Waals surface area contributed by atoms with Crippen LogP contribution >= 0.6 is 0 Å². The summed E-state index contributed by atoms with van der Waals surface area (Å²) in [6.45, 7) is 0.946. The van der Waals surface area contributed by atoms with Gasteiger partial charge in [0.15, 0.2) is 0 Å². The lowest BCUT2D eigenvalue weighted by Gasteiger charge is -2.22. The smallest absolute Gasteiger partial charge is 0.380 e. The number of carbonyl (C=O) groups excluding carboxylic acids is 1. The summed E-state index contributed by atoms with van der Waals surface area (Å²) in [6, 6.07) is 3.78. The summed E-state index contributed by atoms with van der Waals surface area (Å²) in [7, 11) is -4.42. The Morgan fingerprint density at radius 3 is 2.42 bits per heavy atom. The monoisotopic (exact) mass is 366 g/mol. The molecule has 7 nitrogen and oxygen atoms in total. The van der Waals surface area contributed by atoms with Gasteiger partial charge in [-0.3, -0.25) is 9.35 Å². The number of hydrogen-bond acceptors (Lipinski definition) is 5. The molecule has 3 N–H and O–H groups in total. The number of benzene rings is 1. The fraction of sp³-hybridized carbons (Fsp3) is 0.385. The van der Waals surface area contributed by atoms with Gasteiger partial charge < -0.3 is 10.4 Å². The Hall–Kier alpha value is -2.16. The topological polar surface area (TPSA) is 127 Å². The highest BCUT2D eigenvalue weighted by Crippen LogP contribution is 2.33. The highest BCUT2D eigenvalue weighted by Gasteiger charge is 2.35. The van der Waals surface area contributed by atoms with Crippen molar-refractivity contribution >= 4 is 21.7 Å². The number of nitriles is 1. The maximum atomic E-state index is 12.8. The zero-order chi connectivity index (χ0) is 18.8. The summed E-state index contributed by atoms with van der Waals surface area (Å²) in [5.74, 6) is -2.07. The number of anilines is 1. The van der Waals surface area contributed by atoms with Gasteiger partial charge in [0.1, 0.15) is 5.60 Å². The van der Waals surface area contributed by atoms with Crippen LogP contribution < -0.4 is 5.32 Å². The van der Waals surface area contributed by atoms with Crippen molar-refractivity contribution in [3.05, 3.63) is 29.3 Å². The minimum absolute atomic E-state index is 0.335. The van der Waals surface area contributed by atoms with Crippen LogP contribution in [0.1, 0.15) is 24.5 Å². The minimum atomic E-state index is -4.82. The van der Waals surface area contributed by atoms with Crippen molar-refractivity contribution < 1.29 is 36.0 Å². The number of alkyl halides is 3. The van der Waals surface area contributed by atoms with Gasteiger partial charge in [-0.1, -0.05) is 0 Å². The Morgan fingerprint density at radius 1 is 1.38 bits per heavy atom. The van der Waals surface area contributed by atoms with Crippen LogP contribution in [0.15, 0.2) is 18.2 Å². The Kier molecular flexibility index (Phi) is 5.60.